The van der Waals surface area contributed by atoms with Gasteiger partial charge in [-0.2, -0.15) is 0 Å². The maximum Gasteiger partial charge on any atom is 0.000251 e. The smallest absolute Gasteiger partial charge is 0.000251 e. The summed E-state index contributed by atoms with van der Waals surface area (Å²) in [6.45, 7) is 13.5. The third-order valence-corrected chi connectivity index (χ3v) is 3.59. The fourth-order valence-corrected chi connectivity index (χ4v) is 2.10. The van der Waals surface area contributed by atoms with Gasteiger partial charge in [-0.25, -0.2) is 0 Å². The van der Waals surface area contributed by atoms with Gasteiger partial charge in [-0.1, -0.05) is 58.9 Å². The molecule has 1 nitrogen and oxygen atoms in total. The molecule has 0 unspecified atom stereocenters. The summed E-state index contributed by atoms with van der Waals surface area (Å²) in [6.07, 6.45) is 2.41. The zero-order valence-corrected chi connectivity index (χ0v) is 12.7. The molecule has 0 bridgehead atoms. The molecule has 0 atom stereocenters. The van der Waals surface area contributed by atoms with Crippen LogP contribution in [0, 0.1) is 5.41 Å². The van der Waals surface area contributed by atoms with Gasteiger partial charge in [0.05, 0.1) is 0 Å². The monoisotopic (exact) mass is 247 g/mol. The molecular formula is C17H29N. The van der Waals surface area contributed by atoms with Gasteiger partial charge in [0.1, 0.15) is 0 Å². The number of hydrogen-bond donors (Lipinski definition) is 1. The lowest BCUT2D eigenvalue weighted by Crippen LogP contribution is -2.29. The Hall–Kier alpha value is -0.820. The van der Waals surface area contributed by atoms with E-state index in [1.54, 1.807) is 0 Å². The molecule has 1 aromatic carbocycles. The van der Waals surface area contributed by atoms with Crippen molar-refractivity contribution in [2.45, 2.75) is 53.4 Å². The van der Waals surface area contributed by atoms with Gasteiger partial charge in [0.2, 0.25) is 0 Å². The van der Waals surface area contributed by atoms with Crippen molar-refractivity contribution in [2.75, 3.05) is 13.1 Å². The second kappa shape index (κ2) is 6.94. The summed E-state index contributed by atoms with van der Waals surface area (Å²) in [4.78, 5) is 0. The molecule has 0 saturated heterocycles. The summed E-state index contributed by atoms with van der Waals surface area (Å²) >= 11 is 0. The minimum absolute atomic E-state index is 0.382. The summed E-state index contributed by atoms with van der Waals surface area (Å²) < 4.78 is 0. The highest BCUT2D eigenvalue weighted by Crippen LogP contribution is 2.23. The van der Waals surface area contributed by atoms with Crippen molar-refractivity contribution < 1.29 is 0 Å². The average Bonchev–Trinajstić information content (AvgIpc) is 2.35. The molecule has 18 heavy (non-hydrogen) atoms. The largest absolute Gasteiger partial charge is 0.316 e. The SMILES string of the molecule is CCNCC(C)(C)CCc1ccc(C(C)C)cc1. The van der Waals surface area contributed by atoms with Crippen LogP contribution in [0.5, 0.6) is 0 Å². The van der Waals surface area contributed by atoms with E-state index in [2.05, 4.69) is 64.2 Å². The maximum absolute atomic E-state index is 3.45. The van der Waals surface area contributed by atoms with Crippen molar-refractivity contribution in [3.63, 3.8) is 0 Å². The molecule has 0 heterocycles. The predicted octanol–water partition coefficient (Wildman–Crippen LogP) is 4.38. The molecule has 1 aromatic rings. The summed E-state index contributed by atoms with van der Waals surface area (Å²) in [6, 6.07) is 9.13. The van der Waals surface area contributed by atoms with Crippen molar-refractivity contribution in [3.05, 3.63) is 35.4 Å². The Bertz CT molecular complexity index is 335. The Balaban J connectivity index is 2.48. The topological polar surface area (TPSA) is 12.0 Å². The molecule has 0 aromatic heterocycles. The van der Waals surface area contributed by atoms with E-state index in [0.29, 0.717) is 11.3 Å². The van der Waals surface area contributed by atoms with E-state index in [-0.39, 0.29) is 0 Å². The lowest BCUT2D eigenvalue weighted by Gasteiger charge is -2.25. The van der Waals surface area contributed by atoms with Crippen LogP contribution in [-0.4, -0.2) is 13.1 Å². The first-order chi connectivity index (χ1) is 8.44. The molecule has 1 heteroatoms. The molecule has 0 aliphatic rings. The van der Waals surface area contributed by atoms with E-state index >= 15 is 0 Å². The summed E-state index contributed by atoms with van der Waals surface area (Å²) in [5, 5.41) is 3.45. The van der Waals surface area contributed by atoms with Gasteiger partial charge in [-0.15, -0.1) is 0 Å². The van der Waals surface area contributed by atoms with Crippen molar-refractivity contribution in [1.82, 2.24) is 5.32 Å². The van der Waals surface area contributed by atoms with Gasteiger partial charge in [-0.05, 0) is 41.8 Å². The van der Waals surface area contributed by atoms with Crippen LogP contribution in [0.15, 0.2) is 24.3 Å². The Morgan fingerprint density at radius 3 is 2.22 bits per heavy atom. The highest BCUT2D eigenvalue weighted by Gasteiger charge is 2.16. The number of hydrogen-bond acceptors (Lipinski definition) is 1. The average molecular weight is 247 g/mol. The molecule has 1 rings (SSSR count). The standard InChI is InChI=1S/C17H29N/c1-6-18-13-17(4,5)12-11-15-7-9-16(10-8-15)14(2)3/h7-10,14,18H,6,11-13H2,1-5H3. The maximum atomic E-state index is 3.45. The van der Waals surface area contributed by atoms with Crippen LogP contribution >= 0.6 is 0 Å². The first-order valence-electron chi connectivity index (χ1n) is 7.24. The van der Waals surface area contributed by atoms with Gasteiger partial charge < -0.3 is 5.32 Å². The van der Waals surface area contributed by atoms with Gasteiger partial charge in [0, 0.05) is 6.54 Å². The van der Waals surface area contributed by atoms with Crippen LogP contribution in [0.2, 0.25) is 0 Å². The molecular weight excluding hydrogens is 218 g/mol. The molecule has 0 spiro atoms. The minimum Gasteiger partial charge on any atom is -0.316 e. The normalized spacial score (nSPS) is 12.1. The third kappa shape index (κ3) is 5.22. The summed E-state index contributed by atoms with van der Waals surface area (Å²) in [5.74, 6) is 0.629. The minimum atomic E-state index is 0.382. The Labute approximate surface area is 113 Å². The molecule has 0 radical (unpaired) electrons. The van der Waals surface area contributed by atoms with Crippen LogP contribution in [-0.2, 0) is 6.42 Å². The van der Waals surface area contributed by atoms with Crippen LogP contribution in [0.25, 0.3) is 0 Å². The van der Waals surface area contributed by atoms with E-state index in [9.17, 15) is 0 Å². The zero-order valence-electron chi connectivity index (χ0n) is 12.7. The van der Waals surface area contributed by atoms with Gasteiger partial charge in [-0.3, -0.25) is 0 Å². The molecule has 102 valence electrons. The summed E-state index contributed by atoms with van der Waals surface area (Å²) in [7, 11) is 0. The third-order valence-electron chi connectivity index (χ3n) is 3.59. The van der Waals surface area contributed by atoms with Gasteiger partial charge >= 0.3 is 0 Å². The van der Waals surface area contributed by atoms with Crippen LogP contribution < -0.4 is 5.32 Å². The number of benzene rings is 1. The highest BCUT2D eigenvalue weighted by atomic mass is 14.9. The molecule has 1 N–H and O–H groups in total. The van der Waals surface area contributed by atoms with Gasteiger partial charge in [0.15, 0.2) is 0 Å². The lowest BCUT2D eigenvalue weighted by molar-refractivity contribution is 0.318. The quantitative estimate of drug-likeness (QED) is 0.754. The molecule has 0 saturated carbocycles. The molecule has 0 fully saturated rings. The fourth-order valence-electron chi connectivity index (χ4n) is 2.10. The zero-order chi connectivity index (χ0) is 13.6. The highest BCUT2D eigenvalue weighted by molar-refractivity contribution is 5.24. The number of nitrogens with one attached hydrogen (secondary N) is 1. The Morgan fingerprint density at radius 1 is 1.11 bits per heavy atom. The van der Waals surface area contributed by atoms with E-state index < -0.39 is 0 Å². The van der Waals surface area contributed by atoms with Crippen molar-refractivity contribution in [3.8, 4) is 0 Å². The van der Waals surface area contributed by atoms with Crippen molar-refractivity contribution >= 4 is 0 Å². The fraction of sp³-hybridized carbons (Fsp3) is 0.647. The number of rotatable bonds is 7. The first kappa shape index (κ1) is 15.2. The van der Waals surface area contributed by atoms with Crippen LogP contribution in [0.1, 0.15) is 58.1 Å². The second-order valence-electron chi connectivity index (χ2n) is 6.34. The van der Waals surface area contributed by atoms with Gasteiger partial charge in [0.25, 0.3) is 0 Å². The molecule has 0 amide bonds. The van der Waals surface area contributed by atoms with E-state index in [0.717, 1.165) is 13.1 Å². The predicted molar refractivity (Wildman–Crippen MR) is 81.2 cm³/mol. The second-order valence-corrected chi connectivity index (χ2v) is 6.34. The van der Waals surface area contributed by atoms with Crippen molar-refractivity contribution in [2.24, 2.45) is 5.41 Å². The number of aryl methyl sites for hydroxylation is 1. The first-order valence-corrected chi connectivity index (χ1v) is 7.24. The van der Waals surface area contributed by atoms with Crippen LogP contribution in [0.3, 0.4) is 0 Å². The van der Waals surface area contributed by atoms with Crippen LogP contribution in [0.4, 0.5) is 0 Å². The summed E-state index contributed by atoms with van der Waals surface area (Å²) in [5.41, 5.74) is 3.28. The lowest BCUT2D eigenvalue weighted by atomic mass is 9.86. The van der Waals surface area contributed by atoms with E-state index in [1.807, 2.05) is 0 Å². The molecule has 0 aliphatic carbocycles. The van der Waals surface area contributed by atoms with E-state index in [1.165, 1.54) is 24.0 Å². The molecule has 0 aliphatic heterocycles. The Kier molecular flexibility index (Phi) is 5.87. The van der Waals surface area contributed by atoms with Crippen molar-refractivity contribution in [1.29, 1.82) is 0 Å². The van der Waals surface area contributed by atoms with E-state index in [4.69, 9.17) is 0 Å². The Morgan fingerprint density at radius 2 is 1.72 bits per heavy atom.